The van der Waals surface area contributed by atoms with Crippen LogP contribution in [-0.2, 0) is 5.41 Å². The summed E-state index contributed by atoms with van der Waals surface area (Å²) in [4.78, 5) is 4.37. The van der Waals surface area contributed by atoms with Crippen LogP contribution in [0.15, 0.2) is 28.8 Å². The predicted molar refractivity (Wildman–Crippen MR) is 71.0 cm³/mol. The molecule has 0 bridgehead atoms. The average molecular weight is 263 g/mol. The van der Waals surface area contributed by atoms with E-state index in [1.807, 2.05) is 27.7 Å². The normalized spacial score (nSPS) is 12.7. The lowest BCUT2D eigenvalue weighted by molar-refractivity contribution is 0.223. The fraction of sp³-hybridized carbons (Fsp3) is 0.429. The van der Waals surface area contributed by atoms with Gasteiger partial charge in [-0.3, -0.25) is 0 Å². The Morgan fingerprint density at radius 1 is 1.11 bits per heavy atom. The number of hydrogen-bond donors (Lipinski definition) is 1. The average Bonchev–Trinajstić information content (AvgIpc) is 2.78. The van der Waals surface area contributed by atoms with Gasteiger partial charge in [-0.2, -0.15) is 4.98 Å². The molecule has 0 saturated carbocycles. The van der Waals surface area contributed by atoms with E-state index >= 15 is 0 Å². The molecule has 0 aliphatic heterocycles. The molecule has 1 heterocycles. The molecule has 0 saturated heterocycles. The summed E-state index contributed by atoms with van der Waals surface area (Å²) in [6.45, 7) is 7.73. The lowest BCUT2D eigenvalue weighted by Gasteiger charge is -2.34. The number of halogens is 1. The summed E-state index contributed by atoms with van der Waals surface area (Å²) >= 11 is 0. The second kappa shape index (κ2) is 4.42. The van der Waals surface area contributed by atoms with Crippen molar-refractivity contribution >= 4 is 0 Å². The van der Waals surface area contributed by atoms with Gasteiger partial charge in [0.2, 0.25) is 11.7 Å². The van der Waals surface area contributed by atoms with E-state index in [0.717, 1.165) is 0 Å². The third-order valence-electron chi connectivity index (χ3n) is 3.67. The number of hydrogen-bond acceptors (Lipinski definition) is 4. The van der Waals surface area contributed by atoms with Crippen LogP contribution >= 0.6 is 0 Å². The highest BCUT2D eigenvalue weighted by Gasteiger charge is 2.40. The molecular formula is C14H18FN3O. The Labute approximate surface area is 111 Å². The van der Waals surface area contributed by atoms with E-state index in [2.05, 4.69) is 10.1 Å². The highest BCUT2D eigenvalue weighted by Crippen LogP contribution is 2.32. The van der Waals surface area contributed by atoms with Gasteiger partial charge in [0.05, 0.1) is 5.41 Å². The molecule has 19 heavy (non-hydrogen) atoms. The van der Waals surface area contributed by atoms with E-state index in [1.54, 1.807) is 12.1 Å². The summed E-state index contributed by atoms with van der Waals surface area (Å²) in [5.74, 6) is 0.613. The first-order chi connectivity index (χ1) is 8.72. The molecule has 2 aromatic rings. The van der Waals surface area contributed by atoms with Crippen molar-refractivity contribution in [2.45, 2.75) is 38.6 Å². The van der Waals surface area contributed by atoms with E-state index < -0.39 is 11.0 Å². The third-order valence-corrected chi connectivity index (χ3v) is 3.67. The molecule has 0 atom stereocenters. The molecule has 0 unspecified atom stereocenters. The molecule has 0 amide bonds. The predicted octanol–water partition coefficient (Wildman–Crippen LogP) is 2.89. The molecule has 4 nitrogen and oxygen atoms in total. The van der Waals surface area contributed by atoms with Crippen molar-refractivity contribution in [3.63, 3.8) is 0 Å². The molecular weight excluding hydrogens is 245 g/mol. The number of benzene rings is 1. The SMILES string of the molecule is CC(C)(N)C(C)(C)c1nc(-c2ccc(F)cc2)no1. The van der Waals surface area contributed by atoms with E-state index in [1.165, 1.54) is 12.1 Å². The summed E-state index contributed by atoms with van der Waals surface area (Å²) < 4.78 is 18.2. The van der Waals surface area contributed by atoms with Gasteiger partial charge in [-0.15, -0.1) is 0 Å². The van der Waals surface area contributed by atoms with Crippen molar-refractivity contribution in [1.29, 1.82) is 0 Å². The summed E-state index contributed by atoms with van der Waals surface area (Å²) in [6, 6.07) is 5.96. The van der Waals surface area contributed by atoms with Crippen molar-refractivity contribution < 1.29 is 8.91 Å². The molecule has 0 aliphatic rings. The zero-order valence-corrected chi connectivity index (χ0v) is 11.6. The summed E-state index contributed by atoms with van der Waals surface area (Å²) in [5, 5.41) is 3.93. The van der Waals surface area contributed by atoms with Crippen molar-refractivity contribution in [2.75, 3.05) is 0 Å². The molecule has 102 valence electrons. The maximum Gasteiger partial charge on any atom is 0.234 e. The monoisotopic (exact) mass is 263 g/mol. The van der Waals surface area contributed by atoms with Crippen LogP contribution in [0.5, 0.6) is 0 Å². The second-order valence-electron chi connectivity index (χ2n) is 5.78. The van der Waals surface area contributed by atoms with Gasteiger partial charge in [-0.05, 0) is 52.0 Å². The highest BCUT2D eigenvalue weighted by atomic mass is 19.1. The molecule has 1 aromatic carbocycles. The van der Waals surface area contributed by atoms with Gasteiger partial charge in [-0.1, -0.05) is 5.16 Å². The largest absolute Gasteiger partial charge is 0.338 e. The topological polar surface area (TPSA) is 64.9 Å². The number of nitrogens with zero attached hydrogens (tertiary/aromatic N) is 2. The minimum Gasteiger partial charge on any atom is -0.338 e. The molecule has 0 spiro atoms. The molecule has 0 aliphatic carbocycles. The van der Waals surface area contributed by atoms with E-state index in [9.17, 15) is 4.39 Å². The molecule has 2 N–H and O–H groups in total. The fourth-order valence-corrected chi connectivity index (χ4v) is 1.47. The fourth-order valence-electron chi connectivity index (χ4n) is 1.47. The van der Waals surface area contributed by atoms with Crippen molar-refractivity contribution in [3.8, 4) is 11.4 Å². The first kappa shape index (κ1) is 13.7. The van der Waals surface area contributed by atoms with Gasteiger partial charge in [0.1, 0.15) is 5.82 Å². The lowest BCUT2D eigenvalue weighted by atomic mass is 9.75. The van der Waals surface area contributed by atoms with Crippen molar-refractivity contribution in [2.24, 2.45) is 5.73 Å². The van der Waals surface area contributed by atoms with Crippen LogP contribution in [0.2, 0.25) is 0 Å². The van der Waals surface area contributed by atoms with Crippen molar-refractivity contribution in [3.05, 3.63) is 36.0 Å². The van der Waals surface area contributed by atoms with Crippen molar-refractivity contribution in [1.82, 2.24) is 10.1 Å². The van der Waals surface area contributed by atoms with Gasteiger partial charge in [0.25, 0.3) is 0 Å². The standard InChI is InChI=1S/C14H18FN3O/c1-13(2,14(3,4)16)12-17-11(18-19-12)9-5-7-10(15)8-6-9/h5-8H,16H2,1-4H3. The number of rotatable bonds is 3. The van der Waals surface area contributed by atoms with Crippen LogP contribution in [0.3, 0.4) is 0 Å². The summed E-state index contributed by atoms with van der Waals surface area (Å²) in [6.07, 6.45) is 0. The Bertz CT molecular complexity index is 567. The zero-order chi connectivity index (χ0) is 14.3. The Morgan fingerprint density at radius 2 is 1.68 bits per heavy atom. The van der Waals surface area contributed by atoms with Gasteiger partial charge in [0.15, 0.2) is 0 Å². The van der Waals surface area contributed by atoms with Crippen LogP contribution in [0, 0.1) is 5.82 Å². The maximum atomic E-state index is 12.9. The Morgan fingerprint density at radius 3 is 2.21 bits per heavy atom. The Balaban J connectivity index is 2.37. The minimum absolute atomic E-state index is 0.295. The maximum absolute atomic E-state index is 12.9. The van der Waals surface area contributed by atoms with Gasteiger partial charge >= 0.3 is 0 Å². The van der Waals surface area contributed by atoms with Crippen LogP contribution < -0.4 is 5.73 Å². The second-order valence-corrected chi connectivity index (χ2v) is 5.78. The van der Waals surface area contributed by atoms with Crippen LogP contribution in [0.25, 0.3) is 11.4 Å². The Kier molecular flexibility index (Phi) is 3.18. The summed E-state index contributed by atoms with van der Waals surface area (Å²) in [5.41, 5.74) is 5.89. The van der Waals surface area contributed by atoms with Crippen LogP contribution in [0.4, 0.5) is 4.39 Å². The third kappa shape index (κ3) is 2.51. The summed E-state index contributed by atoms with van der Waals surface area (Å²) in [7, 11) is 0. The van der Waals surface area contributed by atoms with Gasteiger partial charge in [0, 0.05) is 11.1 Å². The number of nitrogens with two attached hydrogens (primary N) is 1. The smallest absolute Gasteiger partial charge is 0.234 e. The number of aromatic nitrogens is 2. The first-order valence-corrected chi connectivity index (χ1v) is 6.11. The van der Waals surface area contributed by atoms with Crippen LogP contribution in [0.1, 0.15) is 33.6 Å². The van der Waals surface area contributed by atoms with E-state index in [4.69, 9.17) is 10.3 Å². The zero-order valence-electron chi connectivity index (χ0n) is 11.6. The van der Waals surface area contributed by atoms with E-state index in [-0.39, 0.29) is 5.82 Å². The van der Waals surface area contributed by atoms with Gasteiger partial charge in [-0.25, -0.2) is 4.39 Å². The minimum atomic E-state index is -0.500. The van der Waals surface area contributed by atoms with Gasteiger partial charge < -0.3 is 10.3 Å². The lowest BCUT2D eigenvalue weighted by Crippen LogP contribution is -2.50. The Hall–Kier alpha value is -1.75. The first-order valence-electron chi connectivity index (χ1n) is 6.11. The quantitative estimate of drug-likeness (QED) is 0.924. The molecule has 5 heteroatoms. The highest BCUT2D eigenvalue weighted by molar-refractivity contribution is 5.53. The molecule has 2 rings (SSSR count). The molecule has 1 aromatic heterocycles. The molecule has 0 fully saturated rings. The van der Waals surface area contributed by atoms with E-state index in [0.29, 0.717) is 17.3 Å². The van der Waals surface area contributed by atoms with Crippen LogP contribution in [-0.4, -0.2) is 15.7 Å². The molecule has 0 radical (unpaired) electrons.